The number of alkyl halides is 2. The lowest BCUT2D eigenvalue weighted by molar-refractivity contribution is 0.0169. The van der Waals surface area contributed by atoms with Crippen LogP contribution in [-0.2, 0) is 5.92 Å². The third kappa shape index (κ3) is 4.77. The number of nitrogens with one attached hydrogen (secondary N) is 2. The second-order valence-electron chi connectivity index (χ2n) is 7.67. The summed E-state index contributed by atoms with van der Waals surface area (Å²) in [4.78, 5) is 0. The van der Waals surface area contributed by atoms with E-state index in [1.54, 1.807) is 25.1 Å². The highest BCUT2D eigenvalue weighted by Gasteiger charge is 2.26. The predicted octanol–water partition coefficient (Wildman–Crippen LogP) is 7.27. The van der Waals surface area contributed by atoms with Crippen LogP contribution in [0.15, 0.2) is 85.2 Å². The molecule has 3 aromatic rings. The SMILES string of the molecule is C=C/C=C(/Nc1c(C)cc(Nc2ccc(C)c(C(C)(F)F)c2)c2ccccc12)C(=C)N. The van der Waals surface area contributed by atoms with E-state index in [2.05, 4.69) is 23.8 Å². The van der Waals surface area contributed by atoms with E-state index in [4.69, 9.17) is 5.73 Å². The Balaban J connectivity index is 2.10. The van der Waals surface area contributed by atoms with E-state index >= 15 is 0 Å². The smallest absolute Gasteiger partial charge is 0.270 e. The zero-order valence-electron chi connectivity index (χ0n) is 18.0. The van der Waals surface area contributed by atoms with Gasteiger partial charge in [-0.1, -0.05) is 49.6 Å². The summed E-state index contributed by atoms with van der Waals surface area (Å²) in [5.74, 6) is -2.91. The number of halogens is 2. The summed E-state index contributed by atoms with van der Waals surface area (Å²) in [7, 11) is 0. The van der Waals surface area contributed by atoms with Crippen LogP contribution in [0.2, 0.25) is 0 Å². The van der Waals surface area contributed by atoms with Gasteiger partial charge in [0.25, 0.3) is 5.92 Å². The molecule has 0 fully saturated rings. The van der Waals surface area contributed by atoms with Crippen molar-refractivity contribution in [3.05, 3.63) is 102 Å². The second kappa shape index (κ2) is 8.64. The summed E-state index contributed by atoms with van der Waals surface area (Å²) in [5, 5.41) is 8.59. The van der Waals surface area contributed by atoms with Crippen molar-refractivity contribution in [2.45, 2.75) is 26.7 Å². The molecule has 0 bridgehead atoms. The van der Waals surface area contributed by atoms with Gasteiger partial charge in [-0.05, 0) is 49.2 Å². The van der Waals surface area contributed by atoms with E-state index in [9.17, 15) is 8.78 Å². The van der Waals surface area contributed by atoms with E-state index in [1.807, 2.05) is 43.3 Å². The van der Waals surface area contributed by atoms with Gasteiger partial charge in [-0.2, -0.15) is 0 Å². The molecule has 0 aliphatic rings. The summed E-state index contributed by atoms with van der Waals surface area (Å²) < 4.78 is 28.0. The number of benzene rings is 3. The zero-order chi connectivity index (χ0) is 22.8. The Morgan fingerprint density at radius 3 is 2.32 bits per heavy atom. The van der Waals surface area contributed by atoms with Crippen molar-refractivity contribution in [3.63, 3.8) is 0 Å². The van der Waals surface area contributed by atoms with Crippen molar-refractivity contribution in [1.29, 1.82) is 0 Å². The van der Waals surface area contributed by atoms with E-state index in [1.165, 1.54) is 6.07 Å². The first-order valence-corrected chi connectivity index (χ1v) is 9.94. The monoisotopic (exact) mass is 419 g/mol. The lowest BCUT2D eigenvalue weighted by Crippen LogP contribution is -2.10. The molecular formula is C26H27F2N3. The highest BCUT2D eigenvalue weighted by Crippen LogP contribution is 2.37. The normalized spacial score (nSPS) is 12.0. The third-order valence-electron chi connectivity index (χ3n) is 5.12. The minimum Gasteiger partial charge on any atom is -0.398 e. The molecule has 5 heteroatoms. The molecule has 31 heavy (non-hydrogen) atoms. The molecule has 0 aromatic heterocycles. The number of rotatable bonds is 7. The summed E-state index contributed by atoms with van der Waals surface area (Å²) in [5.41, 5.74) is 10.8. The first kappa shape index (κ1) is 22.1. The standard InChI is InChI=1S/C26H27F2N3/c1-6-9-23(18(4)29)31-25-17(3)14-24(20-10-7-8-11-21(20)25)30-19-13-12-16(2)22(15-19)26(5,27)28/h6-15,30-31H,1,4,29H2,2-3,5H3/b23-9+. The Morgan fingerprint density at radius 2 is 1.71 bits per heavy atom. The van der Waals surface area contributed by atoms with Gasteiger partial charge >= 0.3 is 0 Å². The van der Waals surface area contributed by atoms with Crippen LogP contribution in [0.4, 0.5) is 25.8 Å². The fraction of sp³-hybridized carbons (Fsp3) is 0.154. The fourth-order valence-electron chi connectivity index (χ4n) is 3.59. The van der Waals surface area contributed by atoms with Crippen molar-refractivity contribution in [3.8, 4) is 0 Å². The molecule has 0 radical (unpaired) electrons. The topological polar surface area (TPSA) is 50.1 Å². The minimum atomic E-state index is -2.91. The number of hydrogen-bond acceptors (Lipinski definition) is 3. The Hall–Kier alpha value is -3.60. The molecule has 3 nitrogen and oxygen atoms in total. The number of allylic oxidation sites excluding steroid dienone is 2. The van der Waals surface area contributed by atoms with Gasteiger partial charge in [0.2, 0.25) is 0 Å². The number of aryl methyl sites for hydroxylation is 2. The lowest BCUT2D eigenvalue weighted by atomic mass is 10.0. The zero-order valence-corrected chi connectivity index (χ0v) is 18.0. The molecule has 0 aliphatic heterocycles. The van der Waals surface area contributed by atoms with E-state index in [-0.39, 0.29) is 5.56 Å². The number of anilines is 3. The van der Waals surface area contributed by atoms with Crippen LogP contribution < -0.4 is 16.4 Å². The number of hydrogen-bond donors (Lipinski definition) is 3. The Kier molecular flexibility index (Phi) is 6.16. The van der Waals surface area contributed by atoms with Gasteiger partial charge in [-0.25, -0.2) is 8.78 Å². The van der Waals surface area contributed by atoms with Gasteiger partial charge in [0.05, 0.1) is 5.70 Å². The van der Waals surface area contributed by atoms with Crippen LogP contribution in [0.3, 0.4) is 0 Å². The molecule has 4 N–H and O–H groups in total. The van der Waals surface area contributed by atoms with Gasteiger partial charge < -0.3 is 16.4 Å². The first-order valence-electron chi connectivity index (χ1n) is 9.94. The largest absolute Gasteiger partial charge is 0.398 e. The number of fused-ring (bicyclic) bond motifs is 1. The maximum atomic E-state index is 14.0. The summed E-state index contributed by atoms with van der Waals surface area (Å²) in [6.45, 7) is 12.1. The van der Waals surface area contributed by atoms with Gasteiger partial charge in [0.1, 0.15) is 0 Å². The van der Waals surface area contributed by atoms with Crippen LogP contribution in [-0.4, -0.2) is 0 Å². The predicted molar refractivity (Wildman–Crippen MR) is 128 cm³/mol. The molecule has 160 valence electrons. The van der Waals surface area contributed by atoms with Crippen molar-refractivity contribution in [2.24, 2.45) is 5.73 Å². The molecule has 0 saturated heterocycles. The highest BCUT2D eigenvalue weighted by molar-refractivity contribution is 6.04. The van der Waals surface area contributed by atoms with Crippen molar-refractivity contribution < 1.29 is 8.78 Å². The van der Waals surface area contributed by atoms with Crippen LogP contribution in [0.1, 0.15) is 23.6 Å². The molecule has 0 heterocycles. The Bertz CT molecular complexity index is 1190. The molecule has 0 unspecified atom stereocenters. The van der Waals surface area contributed by atoms with Crippen molar-refractivity contribution in [2.75, 3.05) is 10.6 Å². The van der Waals surface area contributed by atoms with E-state index in [0.717, 1.165) is 34.6 Å². The molecule has 0 spiro atoms. The van der Waals surface area contributed by atoms with Crippen molar-refractivity contribution in [1.82, 2.24) is 0 Å². The molecule has 3 aromatic carbocycles. The Labute approximate surface area is 182 Å². The van der Waals surface area contributed by atoms with Crippen LogP contribution in [0.5, 0.6) is 0 Å². The van der Waals surface area contributed by atoms with E-state index < -0.39 is 5.92 Å². The van der Waals surface area contributed by atoms with Crippen LogP contribution in [0, 0.1) is 13.8 Å². The van der Waals surface area contributed by atoms with E-state index in [0.29, 0.717) is 22.6 Å². The molecule has 0 saturated carbocycles. The van der Waals surface area contributed by atoms with Gasteiger partial charge in [0.15, 0.2) is 0 Å². The molecule has 3 rings (SSSR count). The molecule has 0 amide bonds. The Morgan fingerprint density at radius 1 is 1.03 bits per heavy atom. The maximum Gasteiger partial charge on any atom is 0.270 e. The van der Waals surface area contributed by atoms with Gasteiger partial charge in [-0.3, -0.25) is 0 Å². The molecule has 0 aliphatic carbocycles. The average Bonchev–Trinajstić information content (AvgIpc) is 2.70. The maximum absolute atomic E-state index is 14.0. The van der Waals surface area contributed by atoms with Gasteiger partial charge in [0, 0.05) is 46.0 Å². The molecule has 0 atom stereocenters. The highest BCUT2D eigenvalue weighted by atomic mass is 19.3. The minimum absolute atomic E-state index is 0.0116. The summed E-state index contributed by atoms with van der Waals surface area (Å²) >= 11 is 0. The second-order valence-corrected chi connectivity index (χ2v) is 7.67. The average molecular weight is 420 g/mol. The van der Waals surface area contributed by atoms with Gasteiger partial charge in [-0.15, -0.1) is 0 Å². The number of nitrogens with two attached hydrogens (primary N) is 1. The summed E-state index contributed by atoms with van der Waals surface area (Å²) in [6, 6.07) is 14.9. The third-order valence-corrected chi connectivity index (χ3v) is 5.12. The van der Waals surface area contributed by atoms with Crippen molar-refractivity contribution >= 4 is 27.8 Å². The molecular weight excluding hydrogens is 392 g/mol. The quantitative estimate of drug-likeness (QED) is 0.353. The van der Waals surface area contributed by atoms with Crippen LogP contribution in [0.25, 0.3) is 10.8 Å². The first-order chi connectivity index (χ1) is 14.6. The lowest BCUT2D eigenvalue weighted by Gasteiger charge is -2.20. The fourth-order valence-corrected chi connectivity index (χ4v) is 3.59. The van der Waals surface area contributed by atoms with Crippen LogP contribution >= 0.6 is 0 Å². The summed E-state index contributed by atoms with van der Waals surface area (Å²) in [6.07, 6.45) is 3.41.